The molecule has 1 aliphatic rings. The molecule has 0 aromatic heterocycles. The lowest BCUT2D eigenvalue weighted by Crippen LogP contribution is -2.45. The zero-order valence-corrected chi connectivity index (χ0v) is 12.1. The van der Waals surface area contributed by atoms with E-state index in [0.717, 1.165) is 38.9 Å². The summed E-state index contributed by atoms with van der Waals surface area (Å²) in [5, 5.41) is 13.7. The van der Waals surface area contributed by atoms with Crippen LogP contribution in [0.3, 0.4) is 0 Å². The van der Waals surface area contributed by atoms with Gasteiger partial charge in [-0.3, -0.25) is 0 Å². The fourth-order valence-corrected chi connectivity index (χ4v) is 3.12. The summed E-state index contributed by atoms with van der Waals surface area (Å²) in [6, 6.07) is 0. The molecule has 3 heteroatoms. The standard InChI is InChI=1S/C14H30N2O/c1-5-13(2,10-15-3)11-16(4)12-14(17)8-6-7-9-14/h15,17H,5-12H2,1-4H3. The van der Waals surface area contributed by atoms with Crippen LogP contribution >= 0.6 is 0 Å². The minimum absolute atomic E-state index is 0.304. The average molecular weight is 242 g/mol. The molecular weight excluding hydrogens is 212 g/mol. The quantitative estimate of drug-likeness (QED) is 0.715. The topological polar surface area (TPSA) is 35.5 Å². The molecular formula is C14H30N2O. The van der Waals surface area contributed by atoms with Crippen molar-refractivity contribution < 1.29 is 5.11 Å². The largest absolute Gasteiger partial charge is 0.389 e. The van der Waals surface area contributed by atoms with Crippen LogP contribution in [0.25, 0.3) is 0 Å². The van der Waals surface area contributed by atoms with E-state index < -0.39 is 5.60 Å². The van der Waals surface area contributed by atoms with E-state index in [-0.39, 0.29) is 0 Å². The van der Waals surface area contributed by atoms with Crippen LogP contribution in [-0.4, -0.2) is 49.3 Å². The number of aliphatic hydroxyl groups is 1. The number of nitrogens with one attached hydrogen (secondary N) is 1. The Kier molecular flexibility index (Phi) is 5.42. The Morgan fingerprint density at radius 1 is 1.35 bits per heavy atom. The summed E-state index contributed by atoms with van der Waals surface area (Å²) in [5.41, 5.74) is -0.110. The van der Waals surface area contributed by atoms with E-state index in [9.17, 15) is 5.11 Å². The molecule has 1 fully saturated rings. The molecule has 1 atom stereocenters. The SMILES string of the molecule is CCC(C)(CNC)CN(C)CC1(O)CCCC1. The first-order chi connectivity index (χ1) is 7.93. The van der Waals surface area contributed by atoms with Gasteiger partial charge >= 0.3 is 0 Å². The predicted molar refractivity (Wildman–Crippen MR) is 73.2 cm³/mol. The van der Waals surface area contributed by atoms with Crippen molar-refractivity contribution in [2.75, 3.05) is 33.7 Å². The molecule has 0 aliphatic heterocycles. The zero-order chi connectivity index (χ0) is 12.9. The molecule has 0 aromatic rings. The highest BCUT2D eigenvalue weighted by Gasteiger charge is 2.33. The molecule has 0 spiro atoms. The van der Waals surface area contributed by atoms with Crippen molar-refractivity contribution in [3.63, 3.8) is 0 Å². The maximum Gasteiger partial charge on any atom is 0.0774 e. The summed E-state index contributed by atoms with van der Waals surface area (Å²) < 4.78 is 0. The van der Waals surface area contributed by atoms with E-state index in [0.29, 0.717) is 5.41 Å². The maximum absolute atomic E-state index is 10.4. The second-order valence-electron chi connectivity index (χ2n) is 6.30. The summed E-state index contributed by atoms with van der Waals surface area (Å²) in [6.07, 6.45) is 5.49. The molecule has 2 N–H and O–H groups in total. The lowest BCUT2D eigenvalue weighted by molar-refractivity contribution is 0.00656. The monoisotopic (exact) mass is 242 g/mol. The molecule has 3 nitrogen and oxygen atoms in total. The summed E-state index contributed by atoms with van der Waals surface area (Å²) >= 11 is 0. The van der Waals surface area contributed by atoms with Crippen LogP contribution in [0.5, 0.6) is 0 Å². The summed E-state index contributed by atoms with van der Waals surface area (Å²) in [4.78, 5) is 2.31. The Balaban J connectivity index is 2.44. The Morgan fingerprint density at radius 2 is 1.94 bits per heavy atom. The first kappa shape index (κ1) is 14.9. The van der Waals surface area contributed by atoms with Gasteiger partial charge in [0, 0.05) is 19.6 Å². The van der Waals surface area contributed by atoms with E-state index in [1.54, 1.807) is 0 Å². The number of likely N-dealkylation sites (N-methyl/N-ethyl adjacent to an activating group) is 1. The number of nitrogens with zero attached hydrogens (tertiary/aromatic N) is 1. The molecule has 0 bridgehead atoms. The highest BCUT2D eigenvalue weighted by molar-refractivity contribution is 4.88. The van der Waals surface area contributed by atoms with Gasteiger partial charge in [0.05, 0.1) is 5.60 Å². The second kappa shape index (κ2) is 6.17. The van der Waals surface area contributed by atoms with E-state index in [1.165, 1.54) is 12.8 Å². The molecule has 1 unspecified atom stereocenters. The van der Waals surface area contributed by atoms with Gasteiger partial charge in [0.2, 0.25) is 0 Å². The third-order valence-electron chi connectivity index (χ3n) is 4.21. The number of rotatable bonds is 7. The Hall–Kier alpha value is -0.120. The first-order valence-corrected chi connectivity index (χ1v) is 6.99. The fraction of sp³-hybridized carbons (Fsp3) is 1.00. The van der Waals surface area contributed by atoms with Crippen molar-refractivity contribution in [3.8, 4) is 0 Å². The van der Waals surface area contributed by atoms with Crippen LogP contribution in [0.15, 0.2) is 0 Å². The smallest absolute Gasteiger partial charge is 0.0774 e. The summed E-state index contributed by atoms with van der Waals surface area (Å²) in [6.45, 7) is 7.47. The van der Waals surface area contributed by atoms with Gasteiger partial charge in [-0.05, 0) is 38.8 Å². The van der Waals surface area contributed by atoms with Crippen molar-refractivity contribution in [1.82, 2.24) is 10.2 Å². The average Bonchev–Trinajstić information content (AvgIpc) is 2.64. The Morgan fingerprint density at radius 3 is 2.41 bits per heavy atom. The Labute approximate surface area is 107 Å². The van der Waals surface area contributed by atoms with Gasteiger partial charge in [-0.15, -0.1) is 0 Å². The van der Waals surface area contributed by atoms with E-state index >= 15 is 0 Å². The van der Waals surface area contributed by atoms with Gasteiger partial charge in [0.15, 0.2) is 0 Å². The van der Waals surface area contributed by atoms with E-state index in [1.807, 2.05) is 7.05 Å². The first-order valence-electron chi connectivity index (χ1n) is 6.99. The second-order valence-corrected chi connectivity index (χ2v) is 6.30. The Bertz CT molecular complexity index is 226. The lowest BCUT2D eigenvalue weighted by atomic mass is 9.86. The molecule has 0 aromatic carbocycles. The lowest BCUT2D eigenvalue weighted by Gasteiger charge is -2.36. The van der Waals surface area contributed by atoms with Crippen molar-refractivity contribution in [2.45, 2.75) is 51.6 Å². The van der Waals surface area contributed by atoms with Gasteiger partial charge in [0.1, 0.15) is 0 Å². The molecule has 1 rings (SSSR count). The van der Waals surface area contributed by atoms with Crippen molar-refractivity contribution >= 4 is 0 Å². The van der Waals surface area contributed by atoms with Gasteiger partial charge in [-0.1, -0.05) is 26.7 Å². The van der Waals surface area contributed by atoms with Crippen LogP contribution < -0.4 is 5.32 Å². The zero-order valence-electron chi connectivity index (χ0n) is 12.1. The van der Waals surface area contributed by atoms with Crippen LogP contribution in [-0.2, 0) is 0 Å². The van der Waals surface area contributed by atoms with Crippen LogP contribution in [0.1, 0.15) is 46.0 Å². The summed E-state index contributed by atoms with van der Waals surface area (Å²) in [5.74, 6) is 0. The van der Waals surface area contributed by atoms with Crippen LogP contribution in [0, 0.1) is 5.41 Å². The third-order valence-corrected chi connectivity index (χ3v) is 4.21. The highest BCUT2D eigenvalue weighted by atomic mass is 16.3. The molecule has 17 heavy (non-hydrogen) atoms. The van der Waals surface area contributed by atoms with Crippen molar-refractivity contribution in [2.24, 2.45) is 5.41 Å². The van der Waals surface area contributed by atoms with Crippen molar-refractivity contribution in [1.29, 1.82) is 0 Å². The molecule has 1 aliphatic carbocycles. The fourth-order valence-electron chi connectivity index (χ4n) is 3.12. The number of hydrogen-bond donors (Lipinski definition) is 2. The van der Waals surface area contributed by atoms with Gasteiger partial charge in [-0.2, -0.15) is 0 Å². The number of hydrogen-bond acceptors (Lipinski definition) is 3. The molecule has 0 amide bonds. The van der Waals surface area contributed by atoms with Crippen molar-refractivity contribution in [3.05, 3.63) is 0 Å². The normalized spacial score (nSPS) is 22.9. The van der Waals surface area contributed by atoms with Gasteiger partial charge < -0.3 is 15.3 Å². The van der Waals surface area contributed by atoms with E-state index in [4.69, 9.17) is 0 Å². The summed E-state index contributed by atoms with van der Waals surface area (Å²) in [7, 11) is 4.15. The third kappa shape index (κ3) is 4.57. The predicted octanol–water partition coefficient (Wildman–Crippen LogP) is 1.86. The van der Waals surface area contributed by atoms with Gasteiger partial charge in [-0.25, -0.2) is 0 Å². The molecule has 0 heterocycles. The minimum atomic E-state index is -0.414. The van der Waals surface area contributed by atoms with Gasteiger partial charge in [0.25, 0.3) is 0 Å². The molecule has 1 saturated carbocycles. The van der Waals surface area contributed by atoms with E-state index in [2.05, 4.69) is 31.1 Å². The van der Waals surface area contributed by atoms with Crippen LogP contribution in [0.4, 0.5) is 0 Å². The molecule has 102 valence electrons. The maximum atomic E-state index is 10.4. The molecule has 0 saturated heterocycles. The molecule has 0 radical (unpaired) electrons. The van der Waals surface area contributed by atoms with Crippen LogP contribution in [0.2, 0.25) is 0 Å². The minimum Gasteiger partial charge on any atom is -0.389 e. The highest BCUT2D eigenvalue weighted by Crippen LogP contribution is 2.31.